The van der Waals surface area contributed by atoms with E-state index in [4.69, 9.17) is 0 Å². The first-order valence-corrected chi connectivity index (χ1v) is 7.80. The topological polar surface area (TPSA) is 12.0 Å². The van der Waals surface area contributed by atoms with Crippen molar-refractivity contribution in [3.8, 4) is 0 Å². The highest BCUT2D eigenvalue weighted by atomic mass is 79.9. The molecule has 1 aromatic carbocycles. The van der Waals surface area contributed by atoms with Crippen LogP contribution in [0.15, 0.2) is 22.7 Å². The van der Waals surface area contributed by atoms with Crippen molar-refractivity contribution in [1.29, 1.82) is 0 Å². The highest BCUT2D eigenvalue weighted by molar-refractivity contribution is 9.10. The van der Waals surface area contributed by atoms with Crippen LogP contribution in [0.4, 0.5) is 4.39 Å². The van der Waals surface area contributed by atoms with Crippen molar-refractivity contribution in [2.75, 3.05) is 13.1 Å². The lowest BCUT2D eigenvalue weighted by Gasteiger charge is -2.29. The summed E-state index contributed by atoms with van der Waals surface area (Å²) in [6.07, 6.45) is 1.80. The van der Waals surface area contributed by atoms with Crippen LogP contribution < -0.4 is 5.32 Å². The molecule has 0 radical (unpaired) electrons. The third kappa shape index (κ3) is 5.62. The molecule has 0 aliphatic carbocycles. The largest absolute Gasteiger partial charge is 0.316 e. The maximum Gasteiger partial charge on any atom is 0.126 e. The van der Waals surface area contributed by atoms with Gasteiger partial charge in [-0.15, -0.1) is 0 Å². The van der Waals surface area contributed by atoms with Crippen molar-refractivity contribution in [2.24, 2.45) is 11.3 Å². The normalized spacial score (nSPS) is 14.7. The lowest BCUT2D eigenvalue weighted by molar-refractivity contribution is 0.282. The van der Waals surface area contributed by atoms with Crippen molar-refractivity contribution >= 4 is 15.9 Å². The van der Waals surface area contributed by atoms with E-state index >= 15 is 0 Å². The van der Waals surface area contributed by atoms with Crippen LogP contribution in [-0.2, 0) is 6.42 Å². The summed E-state index contributed by atoms with van der Waals surface area (Å²) in [5, 5.41) is 3.50. The van der Waals surface area contributed by atoms with Gasteiger partial charge in [-0.3, -0.25) is 0 Å². The van der Waals surface area contributed by atoms with Crippen molar-refractivity contribution in [2.45, 2.75) is 40.5 Å². The van der Waals surface area contributed by atoms with Crippen molar-refractivity contribution in [3.05, 3.63) is 34.1 Å². The van der Waals surface area contributed by atoms with E-state index in [0.717, 1.165) is 36.0 Å². The van der Waals surface area contributed by atoms with Crippen LogP contribution in [0, 0.1) is 17.2 Å². The molecule has 1 aromatic rings. The number of hydrogen-bond acceptors (Lipinski definition) is 1. The van der Waals surface area contributed by atoms with Gasteiger partial charge in [0.15, 0.2) is 0 Å². The average molecular weight is 330 g/mol. The number of rotatable bonds is 7. The summed E-state index contributed by atoms with van der Waals surface area (Å²) < 4.78 is 14.8. The SMILES string of the molecule is CCC(C)(CNCC(C)C)Cc1cc(Br)ccc1F. The van der Waals surface area contributed by atoms with Gasteiger partial charge in [-0.25, -0.2) is 4.39 Å². The fraction of sp³-hybridized carbons (Fsp3) is 0.625. The first-order valence-electron chi connectivity index (χ1n) is 7.01. The molecule has 1 nitrogen and oxygen atoms in total. The molecule has 0 fully saturated rings. The standard InChI is InChI=1S/C16H25BrFN/c1-5-16(4,11-19-10-12(2)3)9-13-8-14(17)6-7-15(13)18/h6-8,12,19H,5,9-11H2,1-4H3. The van der Waals surface area contributed by atoms with Gasteiger partial charge in [-0.2, -0.15) is 0 Å². The maximum absolute atomic E-state index is 13.8. The van der Waals surface area contributed by atoms with Crippen LogP contribution in [0.25, 0.3) is 0 Å². The zero-order valence-corrected chi connectivity index (χ0v) is 14.0. The number of benzene rings is 1. The molecule has 0 aliphatic heterocycles. The molecule has 0 saturated carbocycles. The Balaban J connectivity index is 2.71. The second-order valence-corrected chi connectivity index (χ2v) is 7.02. The molecule has 1 unspecified atom stereocenters. The number of halogens is 2. The van der Waals surface area contributed by atoms with Crippen molar-refractivity contribution < 1.29 is 4.39 Å². The van der Waals surface area contributed by atoms with Gasteiger partial charge in [0.05, 0.1) is 0 Å². The summed E-state index contributed by atoms with van der Waals surface area (Å²) in [7, 11) is 0. The van der Waals surface area contributed by atoms with Crippen LogP contribution in [-0.4, -0.2) is 13.1 Å². The lowest BCUT2D eigenvalue weighted by atomic mass is 9.81. The summed E-state index contributed by atoms with van der Waals surface area (Å²) in [5.74, 6) is 0.537. The van der Waals surface area contributed by atoms with Gasteiger partial charge in [0.2, 0.25) is 0 Å². The molecule has 0 spiro atoms. The van der Waals surface area contributed by atoms with Crippen LogP contribution in [0.1, 0.15) is 39.7 Å². The molecule has 108 valence electrons. The van der Waals surface area contributed by atoms with Crippen molar-refractivity contribution in [1.82, 2.24) is 5.32 Å². The molecular weight excluding hydrogens is 305 g/mol. The highest BCUT2D eigenvalue weighted by Gasteiger charge is 2.24. The summed E-state index contributed by atoms with van der Waals surface area (Å²) in [6.45, 7) is 10.7. The summed E-state index contributed by atoms with van der Waals surface area (Å²) in [5.41, 5.74) is 0.890. The molecule has 1 rings (SSSR count). The molecule has 0 saturated heterocycles. The minimum atomic E-state index is -0.105. The average Bonchev–Trinajstić information content (AvgIpc) is 2.33. The molecular formula is C16H25BrFN. The van der Waals surface area contributed by atoms with Gasteiger partial charge in [-0.1, -0.05) is 43.6 Å². The van der Waals surface area contributed by atoms with E-state index in [0.29, 0.717) is 5.92 Å². The van der Waals surface area contributed by atoms with Crippen LogP contribution in [0.2, 0.25) is 0 Å². The predicted molar refractivity (Wildman–Crippen MR) is 83.9 cm³/mol. The minimum absolute atomic E-state index is 0.0938. The molecule has 1 N–H and O–H groups in total. The van der Waals surface area contributed by atoms with E-state index in [1.54, 1.807) is 6.07 Å². The second kappa shape index (κ2) is 7.39. The molecule has 1 atom stereocenters. The van der Waals surface area contributed by atoms with Crippen molar-refractivity contribution in [3.63, 3.8) is 0 Å². The van der Waals surface area contributed by atoms with Gasteiger partial charge in [-0.05, 0) is 54.5 Å². The van der Waals surface area contributed by atoms with Gasteiger partial charge in [0, 0.05) is 11.0 Å². The first kappa shape index (κ1) is 16.6. The quantitative estimate of drug-likeness (QED) is 0.758. The maximum atomic E-state index is 13.8. The van der Waals surface area contributed by atoms with Gasteiger partial charge < -0.3 is 5.32 Å². The Hall–Kier alpha value is -0.410. The summed E-state index contributed by atoms with van der Waals surface area (Å²) in [4.78, 5) is 0. The first-order chi connectivity index (χ1) is 8.86. The Labute approximate surface area is 125 Å². The van der Waals surface area contributed by atoms with Crippen LogP contribution >= 0.6 is 15.9 Å². The van der Waals surface area contributed by atoms with E-state index in [1.807, 2.05) is 6.07 Å². The highest BCUT2D eigenvalue weighted by Crippen LogP contribution is 2.28. The van der Waals surface area contributed by atoms with Gasteiger partial charge >= 0.3 is 0 Å². The molecule has 0 heterocycles. The van der Waals surface area contributed by atoms with E-state index in [2.05, 4.69) is 48.9 Å². The van der Waals surface area contributed by atoms with Gasteiger partial charge in [0.1, 0.15) is 5.82 Å². The summed E-state index contributed by atoms with van der Waals surface area (Å²) in [6, 6.07) is 5.18. The van der Waals surface area contributed by atoms with Crippen LogP contribution in [0.5, 0.6) is 0 Å². The Morgan fingerprint density at radius 2 is 2.05 bits per heavy atom. The Kier molecular flexibility index (Phi) is 6.48. The van der Waals surface area contributed by atoms with Gasteiger partial charge in [0.25, 0.3) is 0 Å². The molecule has 0 aliphatic rings. The number of nitrogens with one attached hydrogen (secondary N) is 1. The molecule has 0 bridgehead atoms. The van der Waals surface area contributed by atoms with E-state index < -0.39 is 0 Å². The second-order valence-electron chi connectivity index (χ2n) is 6.10. The van der Waals surface area contributed by atoms with E-state index in [-0.39, 0.29) is 11.2 Å². The molecule has 3 heteroatoms. The summed E-state index contributed by atoms with van der Waals surface area (Å²) >= 11 is 3.42. The third-order valence-corrected chi connectivity index (χ3v) is 4.08. The Morgan fingerprint density at radius 1 is 1.37 bits per heavy atom. The fourth-order valence-electron chi connectivity index (χ4n) is 2.11. The molecule has 0 aromatic heterocycles. The minimum Gasteiger partial charge on any atom is -0.316 e. The third-order valence-electron chi connectivity index (χ3n) is 3.58. The zero-order valence-electron chi connectivity index (χ0n) is 12.4. The van der Waals surface area contributed by atoms with Crippen LogP contribution in [0.3, 0.4) is 0 Å². The van der Waals surface area contributed by atoms with E-state index in [1.165, 1.54) is 6.07 Å². The lowest BCUT2D eigenvalue weighted by Crippen LogP contribution is -2.35. The van der Waals surface area contributed by atoms with E-state index in [9.17, 15) is 4.39 Å². The molecule has 19 heavy (non-hydrogen) atoms. The number of hydrogen-bond donors (Lipinski definition) is 1. The predicted octanol–water partition coefficient (Wildman–Crippen LogP) is 4.79. The molecule has 0 amide bonds. The monoisotopic (exact) mass is 329 g/mol. The smallest absolute Gasteiger partial charge is 0.126 e. The Morgan fingerprint density at radius 3 is 2.63 bits per heavy atom. The Bertz CT molecular complexity index is 406. The fourth-order valence-corrected chi connectivity index (χ4v) is 2.52. The zero-order chi connectivity index (χ0) is 14.5.